The van der Waals surface area contributed by atoms with E-state index in [-0.39, 0.29) is 17.9 Å². The van der Waals surface area contributed by atoms with Crippen LogP contribution >= 0.6 is 0 Å². The normalized spacial score (nSPS) is 23.1. The summed E-state index contributed by atoms with van der Waals surface area (Å²) in [5.41, 5.74) is 0.696. The number of nitrogens with zero attached hydrogens (tertiary/aromatic N) is 2. The zero-order valence-corrected chi connectivity index (χ0v) is 18.3. The molecule has 1 aromatic rings. The molecule has 29 heavy (non-hydrogen) atoms. The first-order chi connectivity index (χ1) is 13.7. The third-order valence-corrected chi connectivity index (χ3v) is 7.88. The standard InChI is InChI=1S/C21H32N4O3S/c1-21(2,3)29(27,28)24-17-9-7-16(8-10-17)20(26)23-18-11-12-19(22-15-18)25-13-5-4-6-14-25/h4-5,11-12,15-17,24H,6-10,13-14H2,1-3H3,(H,23,26)/t16-,17-. The Balaban J connectivity index is 1.49. The number of anilines is 2. The first-order valence-corrected chi connectivity index (χ1v) is 11.8. The molecule has 8 heteroatoms. The van der Waals surface area contributed by atoms with E-state index in [1.807, 2.05) is 12.1 Å². The van der Waals surface area contributed by atoms with Crippen molar-refractivity contribution >= 4 is 27.4 Å². The van der Waals surface area contributed by atoms with E-state index in [4.69, 9.17) is 0 Å². The average molecular weight is 421 g/mol. The molecule has 0 radical (unpaired) electrons. The lowest BCUT2D eigenvalue weighted by atomic mass is 9.86. The van der Waals surface area contributed by atoms with Gasteiger partial charge in [-0.25, -0.2) is 18.1 Å². The summed E-state index contributed by atoms with van der Waals surface area (Å²) in [5, 5.41) is 2.96. The maximum Gasteiger partial charge on any atom is 0.227 e. The number of rotatable bonds is 5. The second kappa shape index (κ2) is 8.83. The average Bonchev–Trinajstić information content (AvgIpc) is 2.68. The van der Waals surface area contributed by atoms with E-state index in [0.717, 1.165) is 25.3 Å². The minimum absolute atomic E-state index is 0.0161. The number of carbonyl (C=O) groups excluding carboxylic acids is 1. The highest BCUT2D eigenvalue weighted by molar-refractivity contribution is 7.90. The van der Waals surface area contributed by atoms with E-state index in [2.05, 4.69) is 32.1 Å². The Morgan fingerprint density at radius 2 is 1.86 bits per heavy atom. The molecule has 0 aromatic carbocycles. The Morgan fingerprint density at radius 3 is 2.41 bits per heavy atom. The van der Waals surface area contributed by atoms with Crippen molar-refractivity contribution in [3.8, 4) is 0 Å². The van der Waals surface area contributed by atoms with Crippen molar-refractivity contribution in [3.63, 3.8) is 0 Å². The Morgan fingerprint density at radius 1 is 1.14 bits per heavy atom. The fraction of sp³-hybridized carbons (Fsp3) is 0.619. The molecular formula is C21H32N4O3S. The molecule has 1 fully saturated rings. The van der Waals surface area contributed by atoms with Crippen LogP contribution in [0.5, 0.6) is 0 Å². The minimum atomic E-state index is -3.36. The van der Waals surface area contributed by atoms with Gasteiger partial charge in [0.05, 0.1) is 16.6 Å². The molecule has 2 aliphatic rings. The highest BCUT2D eigenvalue weighted by atomic mass is 32.2. The van der Waals surface area contributed by atoms with Crippen molar-refractivity contribution < 1.29 is 13.2 Å². The summed E-state index contributed by atoms with van der Waals surface area (Å²) in [4.78, 5) is 19.3. The van der Waals surface area contributed by atoms with Crippen molar-refractivity contribution in [2.24, 2.45) is 5.92 Å². The van der Waals surface area contributed by atoms with Gasteiger partial charge in [-0.2, -0.15) is 0 Å². The molecule has 0 atom stereocenters. The molecule has 7 nitrogen and oxygen atoms in total. The van der Waals surface area contributed by atoms with E-state index < -0.39 is 14.8 Å². The predicted octanol–water partition coefficient (Wildman–Crippen LogP) is 3.06. The first-order valence-electron chi connectivity index (χ1n) is 10.3. The van der Waals surface area contributed by atoms with Crippen molar-refractivity contribution in [1.82, 2.24) is 9.71 Å². The quantitative estimate of drug-likeness (QED) is 0.715. The van der Waals surface area contributed by atoms with Gasteiger partial charge in [0.1, 0.15) is 5.82 Å². The zero-order chi connectivity index (χ0) is 21.1. The lowest BCUT2D eigenvalue weighted by molar-refractivity contribution is -0.120. The van der Waals surface area contributed by atoms with Gasteiger partial charge in [-0.05, 0) is 65.0 Å². The number of hydrogen-bond acceptors (Lipinski definition) is 5. The van der Waals surface area contributed by atoms with Gasteiger partial charge in [-0.15, -0.1) is 0 Å². The SMILES string of the molecule is CC(C)(C)S(=O)(=O)N[C@H]1CC[C@H](C(=O)Nc2ccc(N3CC=CCC3)nc2)CC1. The van der Waals surface area contributed by atoms with Crippen molar-refractivity contribution in [3.05, 3.63) is 30.5 Å². The van der Waals surface area contributed by atoms with E-state index in [9.17, 15) is 13.2 Å². The second-order valence-electron chi connectivity index (χ2n) is 8.88. The van der Waals surface area contributed by atoms with Crippen LogP contribution in [0, 0.1) is 5.92 Å². The Bertz CT molecular complexity index is 836. The van der Waals surface area contributed by atoms with Gasteiger partial charge in [0.25, 0.3) is 0 Å². The molecule has 0 spiro atoms. The predicted molar refractivity (Wildman–Crippen MR) is 116 cm³/mol. The third kappa shape index (κ3) is 5.57. The summed E-state index contributed by atoms with van der Waals surface area (Å²) in [6, 6.07) is 3.73. The molecule has 0 saturated heterocycles. The summed E-state index contributed by atoms with van der Waals surface area (Å²) >= 11 is 0. The Labute approximate surface area is 174 Å². The lowest BCUT2D eigenvalue weighted by Gasteiger charge is -2.30. The van der Waals surface area contributed by atoms with Gasteiger partial charge >= 0.3 is 0 Å². The third-order valence-electron chi connectivity index (χ3n) is 5.62. The van der Waals surface area contributed by atoms with Crippen LogP contribution in [0.25, 0.3) is 0 Å². The largest absolute Gasteiger partial charge is 0.353 e. The molecule has 1 aliphatic carbocycles. The van der Waals surface area contributed by atoms with Crippen LogP contribution in [0.15, 0.2) is 30.5 Å². The van der Waals surface area contributed by atoms with Gasteiger partial charge in [-0.1, -0.05) is 12.2 Å². The lowest BCUT2D eigenvalue weighted by Crippen LogP contribution is -2.46. The number of amides is 1. The van der Waals surface area contributed by atoms with Crippen LogP contribution in [-0.4, -0.2) is 43.2 Å². The fourth-order valence-corrected chi connectivity index (χ4v) is 4.64. The smallest absolute Gasteiger partial charge is 0.227 e. The van der Waals surface area contributed by atoms with Gasteiger partial charge in [-0.3, -0.25) is 4.79 Å². The summed E-state index contributed by atoms with van der Waals surface area (Å²) in [7, 11) is -3.36. The molecule has 1 aliphatic heterocycles. The van der Waals surface area contributed by atoms with Crippen LogP contribution in [0.3, 0.4) is 0 Å². The number of aromatic nitrogens is 1. The zero-order valence-electron chi connectivity index (χ0n) is 17.5. The van der Waals surface area contributed by atoms with E-state index >= 15 is 0 Å². The molecule has 160 valence electrons. The van der Waals surface area contributed by atoms with Crippen molar-refractivity contribution in [1.29, 1.82) is 0 Å². The summed E-state index contributed by atoms with van der Waals surface area (Å²) in [6.07, 6.45) is 9.74. The van der Waals surface area contributed by atoms with Crippen LogP contribution in [0.1, 0.15) is 52.9 Å². The van der Waals surface area contributed by atoms with Gasteiger partial charge in [0.15, 0.2) is 0 Å². The van der Waals surface area contributed by atoms with Gasteiger partial charge < -0.3 is 10.2 Å². The van der Waals surface area contributed by atoms with Crippen molar-refractivity contribution in [2.75, 3.05) is 23.3 Å². The van der Waals surface area contributed by atoms with Crippen LogP contribution in [0.2, 0.25) is 0 Å². The van der Waals surface area contributed by atoms with Gasteiger partial charge in [0.2, 0.25) is 15.9 Å². The molecule has 2 N–H and O–H groups in total. The monoisotopic (exact) mass is 420 g/mol. The van der Waals surface area contributed by atoms with E-state index in [1.165, 1.54) is 0 Å². The fourth-order valence-electron chi connectivity index (χ4n) is 3.61. The molecule has 1 amide bonds. The summed E-state index contributed by atoms with van der Waals surface area (Å²) in [6.45, 7) is 6.89. The van der Waals surface area contributed by atoms with Crippen LogP contribution < -0.4 is 14.9 Å². The molecule has 2 heterocycles. The second-order valence-corrected chi connectivity index (χ2v) is 11.3. The number of sulfonamides is 1. The molecule has 3 rings (SSSR count). The number of nitrogens with one attached hydrogen (secondary N) is 2. The Kier molecular flexibility index (Phi) is 6.63. The summed E-state index contributed by atoms with van der Waals surface area (Å²) in [5.74, 6) is 0.800. The van der Waals surface area contributed by atoms with E-state index in [0.29, 0.717) is 31.4 Å². The molecule has 1 saturated carbocycles. The number of pyridine rings is 1. The minimum Gasteiger partial charge on any atom is -0.353 e. The summed E-state index contributed by atoms with van der Waals surface area (Å²) < 4.78 is 26.6. The molecule has 0 unspecified atom stereocenters. The van der Waals surface area contributed by atoms with Crippen LogP contribution in [-0.2, 0) is 14.8 Å². The topological polar surface area (TPSA) is 91.4 Å². The number of hydrogen-bond donors (Lipinski definition) is 2. The maximum atomic E-state index is 12.6. The molecule has 0 bridgehead atoms. The van der Waals surface area contributed by atoms with Gasteiger partial charge in [0, 0.05) is 25.0 Å². The number of carbonyl (C=O) groups is 1. The maximum absolute atomic E-state index is 12.6. The van der Waals surface area contributed by atoms with E-state index in [1.54, 1.807) is 27.0 Å². The molecule has 1 aromatic heterocycles. The highest BCUT2D eigenvalue weighted by Crippen LogP contribution is 2.27. The highest BCUT2D eigenvalue weighted by Gasteiger charge is 2.34. The van der Waals surface area contributed by atoms with Crippen molar-refractivity contribution in [2.45, 2.75) is 63.7 Å². The molecular weight excluding hydrogens is 388 g/mol. The van der Waals surface area contributed by atoms with Crippen LogP contribution in [0.4, 0.5) is 11.5 Å². The Hall–Kier alpha value is -1.93. The first kappa shape index (κ1) is 21.8.